The predicted octanol–water partition coefficient (Wildman–Crippen LogP) is 0.904. The third kappa shape index (κ3) is 5.06. The largest absolute Gasteiger partial charge is 0.497 e. The maximum absolute atomic E-state index is 11.6. The van der Waals surface area contributed by atoms with Gasteiger partial charge in [0, 0.05) is 12.5 Å². The van der Waals surface area contributed by atoms with Crippen LogP contribution in [-0.4, -0.2) is 35.4 Å². The van der Waals surface area contributed by atoms with Crippen LogP contribution in [0.15, 0.2) is 36.7 Å². The molecule has 2 aromatic rings. The summed E-state index contributed by atoms with van der Waals surface area (Å²) in [5.41, 5.74) is 2.37. The minimum Gasteiger partial charge on any atom is -0.497 e. The fourth-order valence-corrected chi connectivity index (χ4v) is 1.87. The Balaban J connectivity index is 1.99. The molecular weight excluding hydrogens is 296 g/mol. The lowest BCUT2D eigenvalue weighted by Gasteiger charge is -2.07. The Hall–Kier alpha value is -2.96. The van der Waals surface area contributed by atoms with Crippen LogP contribution in [-0.2, 0) is 16.1 Å². The van der Waals surface area contributed by atoms with Gasteiger partial charge in [-0.05, 0) is 30.3 Å². The second-order valence-corrected chi connectivity index (χ2v) is 4.81. The molecule has 0 atom stereocenters. The molecule has 0 fully saturated rings. The Kier molecular flexibility index (Phi) is 5.62. The zero-order valence-corrected chi connectivity index (χ0v) is 13.0. The molecule has 0 spiro atoms. The molecule has 2 rings (SSSR count). The van der Waals surface area contributed by atoms with E-state index in [1.807, 2.05) is 24.3 Å². The second-order valence-electron chi connectivity index (χ2n) is 4.81. The van der Waals surface area contributed by atoms with Crippen molar-refractivity contribution in [2.75, 3.05) is 13.7 Å². The van der Waals surface area contributed by atoms with E-state index in [0.29, 0.717) is 5.69 Å². The molecule has 7 heteroatoms. The lowest BCUT2D eigenvalue weighted by Crippen LogP contribution is -2.35. The molecule has 1 aromatic carbocycles. The summed E-state index contributed by atoms with van der Waals surface area (Å²) in [6.07, 6.45) is 1.45. The van der Waals surface area contributed by atoms with Gasteiger partial charge < -0.3 is 15.4 Å². The Morgan fingerprint density at radius 3 is 2.52 bits per heavy atom. The Labute approximate surface area is 134 Å². The van der Waals surface area contributed by atoms with Gasteiger partial charge in [0.1, 0.15) is 12.1 Å². The number of benzene rings is 1. The number of aromatic nitrogens is 2. The SMILES string of the molecule is COc1ccc(-c2cc(CNC(=O)CNC(C)=O)ncn2)cc1. The van der Waals surface area contributed by atoms with Crippen LogP contribution in [0.1, 0.15) is 12.6 Å². The molecule has 0 saturated carbocycles. The molecular formula is C16H18N4O3. The summed E-state index contributed by atoms with van der Waals surface area (Å²) >= 11 is 0. The van der Waals surface area contributed by atoms with Crippen molar-refractivity contribution in [2.24, 2.45) is 0 Å². The van der Waals surface area contributed by atoms with Crippen LogP contribution in [0.25, 0.3) is 11.3 Å². The molecule has 0 bridgehead atoms. The number of ether oxygens (including phenoxy) is 1. The van der Waals surface area contributed by atoms with E-state index in [4.69, 9.17) is 4.74 Å². The highest BCUT2D eigenvalue weighted by atomic mass is 16.5. The summed E-state index contributed by atoms with van der Waals surface area (Å²) in [5, 5.41) is 5.12. The highest BCUT2D eigenvalue weighted by Crippen LogP contribution is 2.20. The van der Waals surface area contributed by atoms with E-state index in [-0.39, 0.29) is 24.9 Å². The van der Waals surface area contributed by atoms with Crippen molar-refractivity contribution in [1.82, 2.24) is 20.6 Å². The number of carbonyl (C=O) groups excluding carboxylic acids is 2. The summed E-state index contributed by atoms with van der Waals surface area (Å²) < 4.78 is 5.12. The highest BCUT2D eigenvalue weighted by molar-refractivity contribution is 5.83. The summed E-state index contributed by atoms with van der Waals surface area (Å²) in [7, 11) is 1.61. The molecule has 7 nitrogen and oxygen atoms in total. The number of carbonyl (C=O) groups is 2. The number of nitrogens with zero attached hydrogens (tertiary/aromatic N) is 2. The molecule has 0 unspecified atom stereocenters. The van der Waals surface area contributed by atoms with Gasteiger partial charge in [-0.1, -0.05) is 0 Å². The highest BCUT2D eigenvalue weighted by Gasteiger charge is 2.05. The quantitative estimate of drug-likeness (QED) is 0.826. The zero-order chi connectivity index (χ0) is 16.7. The topological polar surface area (TPSA) is 93.2 Å². The van der Waals surface area contributed by atoms with Gasteiger partial charge in [-0.25, -0.2) is 9.97 Å². The summed E-state index contributed by atoms with van der Waals surface area (Å²) in [6, 6.07) is 9.32. The second kappa shape index (κ2) is 7.88. The van der Waals surface area contributed by atoms with Crippen LogP contribution in [0.2, 0.25) is 0 Å². The predicted molar refractivity (Wildman–Crippen MR) is 84.6 cm³/mol. The Bertz CT molecular complexity index is 686. The summed E-state index contributed by atoms with van der Waals surface area (Å²) in [5.74, 6) is 0.252. The normalized spacial score (nSPS) is 10.0. The lowest BCUT2D eigenvalue weighted by atomic mass is 10.1. The molecule has 1 aromatic heterocycles. The molecule has 0 radical (unpaired) electrons. The molecule has 0 aliphatic rings. The molecule has 2 amide bonds. The fraction of sp³-hybridized carbons (Fsp3) is 0.250. The number of hydrogen-bond acceptors (Lipinski definition) is 5. The van der Waals surface area contributed by atoms with Crippen LogP contribution in [0.3, 0.4) is 0 Å². The van der Waals surface area contributed by atoms with Crippen molar-refractivity contribution in [3.05, 3.63) is 42.4 Å². The first-order chi connectivity index (χ1) is 11.1. The van der Waals surface area contributed by atoms with Crippen molar-refractivity contribution >= 4 is 11.8 Å². The van der Waals surface area contributed by atoms with E-state index in [1.165, 1.54) is 13.3 Å². The van der Waals surface area contributed by atoms with E-state index < -0.39 is 0 Å². The van der Waals surface area contributed by atoms with Gasteiger partial charge in [-0.3, -0.25) is 9.59 Å². The molecule has 0 aliphatic carbocycles. The van der Waals surface area contributed by atoms with E-state index >= 15 is 0 Å². The molecule has 0 aliphatic heterocycles. The molecule has 2 N–H and O–H groups in total. The van der Waals surface area contributed by atoms with Crippen LogP contribution in [0.4, 0.5) is 0 Å². The maximum atomic E-state index is 11.6. The summed E-state index contributed by atoms with van der Waals surface area (Å²) in [4.78, 5) is 30.7. The number of hydrogen-bond donors (Lipinski definition) is 2. The van der Waals surface area contributed by atoms with E-state index in [9.17, 15) is 9.59 Å². The first kappa shape index (κ1) is 16.4. The molecule has 120 valence electrons. The van der Waals surface area contributed by atoms with Crippen LogP contribution < -0.4 is 15.4 Å². The molecule has 0 saturated heterocycles. The van der Waals surface area contributed by atoms with Gasteiger partial charge >= 0.3 is 0 Å². The monoisotopic (exact) mass is 314 g/mol. The minimum absolute atomic E-state index is 0.0498. The Morgan fingerprint density at radius 1 is 1.13 bits per heavy atom. The van der Waals surface area contributed by atoms with Crippen LogP contribution in [0.5, 0.6) is 5.75 Å². The van der Waals surface area contributed by atoms with Crippen LogP contribution in [0, 0.1) is 0 Å². The van der Waals surface area contributed by atoms with Crippen molar-refractivity contribution in [1.29, 1.82) is 0 Å². The minimum atomic E-state index is -0.273. The number of rotatable bonds is 6. The van der Waals surface area contributed by atoms with Gasteiger partial charge in [-0.15, -0.1) is 0 Å². The van der Waals surface area contributed by atoms with Crippen molar-refractivity contribution < 1.29 is 14.3 Å². The Morgan fingerprint density at radius 2 is 1.87 bits per heavy atom. The van der Waals surface area contributed by atoms with Crippen LogP contribution >= 0.6 is 0 Å². The maximum Gasteiger partial charge on any atom is 0.239 e. The third-order valence-electron chi connectivity index (χ3n) is 3.07. The van der Waals surface area contributed by atoms with Gasteiger partial charge in [0.2, 0.25) is 11.8 Å². The lowest BCUT2D eigenvalue weighted by molar-refractivity contribution is -0.125. The van der Waals surface area contributed by atoms with Gasteiger partial charge in [0.05, 0.1) is 31.6 Å². The fourth-order valence-electron chi connectivity index (χ4n) is 1.87. The first-order valence-corrected chi connectivity index (χ1v) is 7.05. The summed E-state index contributed by atoms with van der Waals surface area (Å²) in [6.45, 7) is 1.58. The van der Waals surface area contributed by atoms with E-state index in [0.717, 1.165) is 17.0 Å². The number of methoxy groups -OCH3 is 1. The van der Waals surface area contributed by atoms with Crippen molar-refractivity contribution in [2.45, 2.75) is 13.5 Å². The van der Waals surface area contributed by atoms with Crippen molar-refractivity contribution in [3.8, 4) is 17.0 Å². The van der Waals surface area contributed by atoms with Gasteiger partial charge in [0.15, 0.2) is 0 Å². The first-order valence-electron chi connectivity index (χ1n) is 7.05. The van der Waals surface area contributed by atoms with Gasteiger partial charge in [0.25, 0.3) is 0 Å². The van der Waals surface area contributed by atoms with Gasteiger partial charge in [-0.2, -0.15) is 0 Å². The molecule has 1 heterocycles. The number of amides is 2. The average molecular weight is 314 g/mol. The smallest absolute Gasteiger partial charge is 0.239 e. The standard InChI is InChI=1S/C16H18N4O3/c1-11(21)17-9-16(22)18-8-13-7-15(20-10-19-13)12-3-5-14(23-2)6-4-12/h3-7,10H,8-9H2,1-2H3,(H,17,21)(H,18,22). The average Bonchev–Trinajstić information content (AvgIpc) is 2.58. The molecule has 23 heavy (non-hydrogen) atoms. The zero-order valence-electron chi connectivity index (χ0n) is 13.0. The number of nitrogens with one attached hydrogen (secondary N) is 2. The van der Waals surface area contributed by atoms with E-state index in [1.54, 1.807) is 13.2 Å². The third-order valence-corrected chi connectivity index (χ3v) is 3.07. The van der Waals surface area contributed by atoms with E-state index in [2.05, 4.69) is 20.6 Å². The van der Waals surface area contributed by atoms with Crippen molar-refractivity contribution in [3.63, 3.8) is 0 Å².